The van der Waals surface area contributed by atoms with E-state index in [0.29, 0.717) is 6.54 Å². The van der Waals surface area contributed by atoms with Crippen LogP contribution in [0.1, 0.15) is 46.0 Å². The molecular formula is C14H31N3O2S. The van der Waals surface area contributed by atoms with Gasteiger partial charge < -0.3 is 5.32 Å². The number of nitrogens with one attached hydrogen (secondary N) is 2. The Balaban J connectivity index is 2.18. The number of piperazine rings is 1. The van der Waals surface area contributed by atoms with Gasteiger partial charge in [0.15, 0.2) is 0 Å². The molecule has 1 atom stereocenters. The lowest BCUT2D eigenvalue weighted by atomic mass is 10.1. The molecule has 1 saturated heterocycles. The van der Waals surface area contributed by atoms with Crippen molar-refractivity contribution < 1.29 is 8.42 Å². The molecule has 1 aliphatic heterocycles. The summed E-state index contributed by atoms with van der Waals surface area (Å²) < 4.78 is 26.8. The highest BCUT2D eigenvalue weighted by molar-refractivity contribution is 7.89. The second-order valence-electron chi connectivity index (χ2n) is 5.78. The molecule has 1 aliphatic rings. The maximum Gasteiger partial charge on any atom is 0.213 e. The van der Waals surface area contributed by atoms with Crippen LogP contribution in [0.3, 0.4) is 0 Å². The Morgan fingerprint density at radius 1 is 1.20 bits per heavy atom. The molecule has 0 bridgehead atoms. The molecule has 6 heteroatoms. The quantitative estimate of drug-likeness (QED) is 0.595. The monoisotopic (exact) mass is 305 g/mol. The third-order valence-corrected chi connectivity index (χ3v) is 5.24. The predicted molar refractivity (Wildman–Crippen MR) is 84.5 cm³/mol. The number of hydrogen-bond donors (Lipinski definition) is 2. The summed E-state index contributed by atoms with van der Waals surface area (Å²) in [6.07, 6.45) is 5.69. The van der Waals surface area contributed by atoms with Crippen LogP contribution in [0.2, 0.25) is 0 Å². The minimum atomic E-state index is -3.13. The van der Waals surface area contributed by atoms with Crippen molar-refractivity contribution in [3.63, 3.8) is 0 Å². The van der Waals surface area contributed by atoms with Crippen molar-refractivity contribution in [3.05, 3.63) is 0 Å². The highest BCUT2D eigenvalue weighted by Gasteiger charge is 2.17. The van der Waals surface area contributed by atoms with Gasteiger partial charge in [-0.15, -0.1) is 0 Å². The minimum absolute atomic E-state index is 0.0554. The number of unbranched alkanes of at least 4 members (excludes halogenated alkanes) is 3. The summed E-state index contributed by atoms with van der Waals surface area (Å²) in [4.78, 5) is 2.21. The van der Waals surface area contributed by atoms with Crippen LogP contribution < -0.4 is 10.0 Å². The van der Waals surface area contributed by atoms with E-state index in [4.69, 9.17) is 0 Å². The highest BCUT2D eigenvalue weighted by Crippen LogP contribution is 2.06. The van der Waals surface area contributed by atoms with Gasteiger partial charge in [-0.25, -0.2) is 13.1 Å². The van der Waals surface area contributed by atoms with E-state index in [1.54, 1.807) is 0 Å². The van der Waals surface area contributed by atoms with E-state index in [2.05, 4.69) is 21.9 Å². The average molecular weight is 305 g/mol. The number of nitrogens with zero attached hydrogens (tertiary/aromatic N) is 1. The van der Waals surface area contributed by atoms with Gasteiger partial charge in [0.1, 0.15) is 0 Å². The molecule has 0 aromatic rings. The SMILES string of the molecule is CCCCCCC(C)NS(=O)(=O)CCN1CCNCC1. The van der Waals surface area contributed by atoms with Gasteiger partial charge in [0.25, 0.3) is 0 Å². The minimum Gasteiger partial charge on any atom is -0.314 e. The third kappa shape index (κ3) is 8.19. The highest BCUT2D eigenvalue weighted by atomic mass is 32.2. The molecule has 5 nitrogen and oxygen atoms in total. The maximum atomic E-state index is 12.0. The van der Waals surface area contributed by atoms with Gasteiger partial charge in [-0.3, -0.25) is 4.90 Å². The first-order chi connectivity index (χ1) is 9.53. The molecule has 0 aliphatic carbocycles. The normalized spacial score (nSPS) is 19.1. The first-order valence-corrected chi connectivity index (χ1v) is 9.62. The molecule has 0 aromatic carbocycles. The summed E-state index contributed by atoms with van der Waals surface area (Å²) in [5.41, 5.74) is 0. The number of rotatable bonds is 10. The van der Waals surface area contributed by atoms with Gasteiger partial charge in [0, 0.05) is 38.8 Å². The van der Waals surface area contributed by atoms with Gasteiger partial charge in [-0.05, 0) is 13.3 Å². The number of hydrogen-bond acceptors (Lipinski definition) is 4. The van der Waals surface area contributed by atoms with Crippen LogP contribution in [0, 0.1) is 0 Å². The second kappa shape index (κ2) is 9.71. The van der Waals surface area contributed by atoms with Crippen LogP contribution in [0.4, 0.5) is 0 Å². The Kier molecular flexibility index (Phi) is 8.68. The van der Waals surface area contributed by atoms with Crippen LogP contribution in [0.15, 0.2) is 0 Å². The van der Waals surface area contributed by atoms with E-state index in [0.717, 1.165) is 39.0 Å². The standard InChI is InChI=1S/C14H31N3O2S/c1-3-4-5-6-7-14(2)16-20(18,19)13-12-17-10-8-15-9-11-17/h14-16H,3-13H2,1-2H3. The molecule has 1 fully saturated rings. The van der Waals surface area contributed by atoms with Crippen LogP contribution in [-0.2, 0) is 10.0 Å². The lowest BCUT2D eigenvalue weighted by molar-refractivity contribution is 0.253. The fourth-order valence-corrected chi connectivity index (χ4v) is 3.83. The summed E-state index contributed by atoms with van der Waals surface area (Å²) in [5, 5.41) is 3.27. The summed E-state index contributed by atoms with van der Waals surface area (Å²) >= 11 is 0. The fraction of sp³-hybridized carbons (Fsp3) is 1.00. The molecule has 120 valence electrons. The van der Waals surface area contributed by atoms with Crippen LogP contribution in [0.25, 0.3) is 0 Å². The summed E-state index contributed by atoms with van der Waals surface area (Å²) in [5.74, 6) is 0.215. The Bertz CT molecular complexity index is 340. The van der Waals surface area contributed by atoms with Crippen LogP contribution in [-0.4, -0.2) is 57.8 Å². The smallest absolute Gasteiger partial charge is 0.213 e. The van der Waals surface area contributed by atoms with Crippen molar-refractivity contribution in [2.24, 2.45) is 0 Å². The lowest BCUT2D eigenvalue weighted by Crippen LogP contribution is -2.46. The van der Waals surface area contributed by atoms with Crippen molar-refractivity contribution in [2.75, 3.05) is 38.5 Å². The van der Waals surface area contributed by atoms with Crippen molar-refractivity contribution in [2.45, 2.75) is 52.0 Å². The molecule has 0 radical (unpaired) electrons. The van der Waals surface area contributed by atoms with E-state index in [1.165, 1.54) is 19.3 Å². The van der Waals surface area contributed by atoms with Gasteiger partial charge >= 0.3 is 0 Å². The van der Waals surface area contributed by atoms with E-state index in [-0.39, 0.29) is 11.8 Å². The Labute approximate surface area is 124 Å². The maximum absolute atomic E-state index is 12.0. The zero-order valence-corrected chi connectivity index (χ0v) is 13.8. The molecule has 0 saturated carbocycles. The number of sulfonamides is 1. The largest absolute Gasteiger partial charge is 0.314 e. The zero-order chi connectivity index (χ0) is 14.8. The molecule has 0 amide bonds. The molecule has 20 heavy (non-hydrogen) atoms. The summed E-state index contributed by atoms with van der Waals surface area (Å²) in [6.45, 7) is 8.60. The Morgan fingerprint density at radius 2 is 1.90 bits per heavy atom. The topological polar surface area (TPSA) is 61.4 Å². The van der Waals surface area contributed by atoms with Crippen LogP contribution in [0.5, 0.6) is 0 Å². The van der Waals surface area contributed by atoms with Gasteiger partial charge in [-0.2, -0.15) is 0 Å². The third-order valence-electron chi connectivity index (χ3n) is 3.76. The van der Waals surface area contributed by atoms with E-state index in [1.807, 2.05) is 6.92 Å². The van der Waals surface area contributed by atoms with Crippen molar-refractivity contribution in [1.29, 1.82) is 0 Å². The van der Waals surface area contributed by atoms with Gasteiger partial charge in [0.2, 0.25) is 10.0 Å². The van der Waals surface area contributed by atoms with Gasteiger partial charge in [0.05, 0.1) is 5.75 Å². The van der Waals surface area contributed by atoms with Crippen molar-refractivity contribution in [3.8, 4) is 0 Å². The van der Waals surface area contributed by atoms with E-state index in [9.17, 15) is 8.42 Å². The molecular weight excluding hydrogens is 274 g/mol. The predicted octanol–water partition coefficient (Wildman–Crippen LogP) is 1.17. The van der Waals surface area contributed by atoms with Crippen molar-refractivity contribution in [1.82, 2.24) is 14.9 Å². The Morgan fingerprint density at radius 3 is 2.55 bits per heavy atom. The lowest BCUT2D eigenvalue weighted by Gasteiger charge is -2.27. The summed E-state index contributed by atoms with van der Waals surface area (Å²) in [6, 6.07) is 0.0554. The molecule has 0 aromatic heterocycles. The van der Waals surface area contributed by atoms with E-state index >= 15 is 0 Å². The molecule has 0 spiro atoms. The first-order valence-electron chi connectivity index (χ1n) is 7.96. The van der Waals surface area contributed by atoms with Crippen molar-refractivity contribution >= 4 is 10.0 Å². The average Bonchev–Trinajstić information content (AvgIpc) is 2.42. The molecule has 1 heterocycles. The molecule has 1 unspecified atom stereocenters. The van der Waals surface area contributed by atoms with Crippen LogP contribution >= 0.6 is 0 Å². The zero-order valence-electron chi connectivity index (χ0n) is 13.0. The molecule has 2 N–H and O–H groups in total. The fourth-order valence-electron chi connectivity index (χ4n) is 2.49. The molecule has 1 rings (SSSR count). The second-order valence-corrected chi connectivity index (χ2v) is 7.65. The van der Waals surface area contributed by atoms with Gasteiger partial charge in [-0.1, -0.05) is 32.6 Å². The first kappa shape index (κ1) is 17.9. The summed E-state index contributed by atoms with van der Waals surface area (Å²) in [7, 11) is -3.13. The Hall–Kier alpha value is -0.170. The van der Waals surface area contributed by atoms with E-state index < -0.39 is 10.0 Å².